The molecule has 0 amide bonds. The largest absolute Gasteiger partial charge is 0.546 e. The Bertz CT molecular complexity index is 1330. The van der Waals surface area contributed by atoms with Crippen LogP contribution in [0.5, 0.6) is 5.75 Å². The zero-order chi connectivity index (χ0) is 31.0. The molecule has 4 aromatic rings. The van der Waals surface area contributed by atoms with E-state index in [1.54, 1.807) is 0 Å². The summed E-state index contributed by atoms with van der Waals surface area (Å²) in [5.74, 6) is -0.707. The van der Waals surface area contributed by atoms with Crippen molar-refractivity contribution in [1.29, 1.82) is 0 Å². The summed E-state index contributed by atoms with van der Waals surface area (Å²) in [4.78, 5) is 18.6. The molecule has 0 aliphatic heterocycles. The number of anilines is 1. The second-order valence-corrected chi connectivity index (χ2v) is 11.9. The lowest BCUT2D eigenvalue weighted by Crippen LogP contribution is -2.61. The van der Waals surface area contributed by atoms with E-state index in [0.717, 1.165) is 54.2 Å². The molecule has 44 heavy (non-hydrogen) atoms. The lowest BCUT2D eigenvalue weighted by molar-refractivity contribution is -0.425. The number of quaternary nitrogens is 1. The number of ether oxygens (including phenoxy) is 1. The lowest BCUT2D eigenvalue weighted by Gasteiger charge is -2.21. The van der Waals surface area contributed by atoms with Crippen molar-refractivity contribution in [2.45, 2.75) is 96.1 Å². The zero-order valence-electron chi connectivity index (χ0n) is 26.3. The molecule has 1 heterocycles. The van der Waals surface area contributed by atoms with E-state index in [-0.39, 0.29) is 6.42 Å². The van der Waals surface area contributed by atoms with Gasteiger partial charge in [0.2, 0.25) is 0 Å². The minimum atomic E-state index is -1.22. The summed E-state index contributed by atoms with van der Waals surface area (Å²) in [5.41, 5.74) is 7.69. The SMILES string of the molecule is CCCCCCCN(CCc1ccc(O[C@H](Cc2ccccc2)C(=O)[O-])cc1)c1nc2ccccc2o1.[NH3+]C1CCCCC1. The molecule has 1 aliphatic rings. The average molecular weight is 600 g/mol. The molecule has 1 fully saturated rings. The number of oxazole rings is 1. The predicted octanol–water partition coefficient (Wildman–Crippen LogP) is 6.15. The molecule has 7 heteroatoms. The van der Waals surface area contributed by atoms with E-state index in [4.69, 9.17) is 14.1 Å². The third kappa shape index (κ3) is 11.0. The highest BCUT2D eigenvalue weighted by atomic mass is 16.5. The topological polar surface area (TPSA) is 106 Å². The Balaban J connectivity index is 0.000000555. The van der Waals surface area contributed by atoms with Crippen LogP contribution in [0.4, 0.5) is 6.01 Å². The number of carboxylic acid groups (broad SMARTS) is 1. The van der Waals surface area contributed by atoms with Crippen LogP contribution in [0.3, 0.4) is 0 Å². The van der Waals surface area contributed by atoms with Crippen LogP contribution in [0.1, 0.15) is 82.3 Å². The number of carboxylic acids is 1. The number of carbonyl (C=O) groups is 1. The van der Waals surface area contributed by atoms with E-state index in [9.17, 15) is 9.90 Å². The quantitative estimate of drug-likeness (QED) is 0.164. The molecular formula is C37H49N3O4. The molecule has 0 radical (unpaired) electrons. The molecule has 0 saturated heterocycles. The first-order valence-corrected chi connectivity index (χ1v) is 16.5. The van der Waals surface area contributed by atoms with Crippen LogP contribution in [0.15, 0.2) is 83.3 Å². The molecule has 0 unspecified atom stereocenters. The number of hydrogen-bond donors (Lipinski definition) is 1. The van der Waals surface area contributed by atoms with Gasteiger partial charge in [0.15, 0.2) is 5.58 Å². The summed E-state index contributed by atoms with van der Waals surface area (Å²) in [6.45, 7) is 3.89. The average Bonchev–Trinajstić information content (AvgIpc) is 3.48. The summed E-state index contributed by atoms with van der Waals surface area (Å²) in [6.07, 6.45) is 13.1. The van der Waals surface area contributed by atoms with Crippen molar-refractivity contribution < 1.29 is 24.8 Å². The zero-order valence-corrected chi connectivity index (χ0v) is 26.3. The Labute approximate surface area is 262 Å². The van der Waals surface area contributed by atoms with Crippen molar-refractivity contribution in [1.82, 2.24) is 4.98 Å². The van der Waals surface area contributed by atoms with Gasteiger partial charge in [-0.15, -0.1) is 0 Å². The standard InChI is InChI=1S/C31H36N2O4.C6H13N/c1-2-3-4-5-11-21-33(31-32-27-14-9-10-15-28(27)37-31)22-20-24-16-18-26(19-17-24)36-29(30(34)35)23-25-12-7-6-8-13-25;7-6-4-2-1-3-5-6/h6-10,12-19,29H,2-5,11,20-23H2,1H3,(H,34,35);6H,1-5,7H2/t29-;/m1./s1. The van der Waals surface area contributed by atoms with Gasteiger partial charge < -0.3 is 29.7 Å². The molecule has 1 saturated carbocycles. The predicted molar refractivity (Wildman–Crippen MR) is 174 cm³/mol. The fourth-order valence-electron chi connectivity index (χ4n) is 5.56. The Hall–Kier alpha value is -3.84. The van der Waals surface area contributed by atoms with E-state index in [1.165, 1.54) is 57.8 Å². The van der Waals surface area contributed by atoms with Gasteiger partial charge in [0, 0.05) is 19.5 Å². The van der Waals surface area contributed by atoms with E-state index in [2.05, 4.69) is 17.6 Å². The van der Waals surface area contributed by atoms with Crippen LogP contribution in [-0.4, -0.2) is 36.2 Å². The van der Waals surface area contributed by atoms with Gasteiger partial charge in [-0.05, 0) is 73.9 Å². The van der Waals surface area contributed by atoms with Gasteiger partial charge in [-0.1, -0.05) is 93.6 Å². The van der Waals surface area contributed by atoms with Gasteiger partial charge in [0.25, 0.3) is 6.01 Å². The van der Waals surface area contributed by atoms with Crippen LogP contribution >= 0.6 is 0 Å². The maximum Gasteiger partial charge on any atom is 0.298 e. The first-order chi connectivity index (χ1) is 21.5. The smallest absolute Gasteiger partial charge is 0.298 e. The number of carbonyl (C=O) groups excluding carboxylic acids is 1. The molecule has 7 nitrogen and oxygen atoms in total. The van der Waals surface area contributed by atoms with E-state index >= 15 is 0 Å². The number of fused-ring (bicyclic) bond motifs is 1. The fourth-order valence-corrected chi connectivity index (χ4v) is 5.56. The van der Waals surface area contributed by atoms with Crippen LogP contribution in [0, 0.1) is 0 Å². The first-order valence-electron chi connectivity index (χ1n) is 16.5. The summed E-state index contributed by atoms with van der Waals surface area (Å²) < 4.78 is 11.8. The van der Waals surface area contributed by atoms with Crippen LogP contribution in [0.25, 0.3) is 11.1 Å². The normalized spacial score (nSPS) is 14.0. The van der Waals surface area contributed by atoms with Crippen molar-refractivity contribution in [3.05, 3.63) is 90.0 Å². The molecule has 1 aliphatic carbocycles. The number of benzene rings is 3. The van der Waals surface area contributed by atoms with Gasteiger partial charge >= 0.3 is 0 Å². The van der Waals surface area contributed by atoms with Gasteiger partial charge in [0.05, 0.1) is 12.0 Å². The number of aliphatic carboxylic acids is 1. The summed E-state index contributed by atoms with van der Waals surface area (Å²) in [5, 5.41) is 11.6. The van der Waals surface area contributed by atoms with Gasteiger partial charge in [-0.3, -0.25) is 0 Å². The van der Waals surface area contributed by atoms with Crippen molar-refractivity contribution in [3.63, 3.8) is 0 Å². The Morgan fingerprint density at radius 3 is 2.27 bits per heavy atom. The minimum absolute atomic E-state index is 0.253. The maximum absolute atomic E-state index is 11.6. The third-order valence-corrected chi connectivity index (χ3v) is 8.21. The number of unbranched alkanes of at least 4 members (excludes halogenated alkanes) is 4. The Kier molecular flexibility index (Phi) is 13.6. The van der Waals surface area contributed by atoms with Crippen LogP contribution in [0.2, 0.25) is 0 Å². The maximum atomic E-state index is 11.6. The Morgan fingerprint density at radius 2 is 1.61 bits per heavy atom. The van der Waals surface area contributed by atoms with Crippen LogP contribution in [-0.2, 0) is 17.6 Å². The van der Waals surface area contributed by atoms with Gasteiger partial charge in [-0.25, -0.2) is 0 Å². The molecule has 0 spiro atoms. The molecular weight excluding hydrogens is 550 g/mol. The molecule has 236 valence electrons. The Morgan fingerprint density at radius 1 is 0.909 bits per heavy atom. The van der Waals surface area contributed by atoms with Crippen molar-refractivity contribution in [2.75, 3.05) is 18.0 Å². The molecule has 3 N–H and O–H groups in total. The number of rotatable bonds is 15. The number of para-hydroxylation sites is 2. The monoisotopic (exact) mass is 599 g/mol. The number of aromatic nitrogens is 1. The lowest BCUT2D eigenvalue weighted by atomic mass is 9.97. The summed E-state index contributed by atoms with van der Waals surface area (Å²) >= 11 is 0. The highest BCUT2D eigenvalue weighted by molar-refractivity contribution is 5.74. The minimum Gasteiger partial charge on any atom is -0.546 e. The molecule has 5 rings (SSSR count). The van der Waals surface area contributed by atoms with E-state index in [0.29, 0.717) is 11.8 Å². The van der Waals surface area contributed by atoms with E-state index < -0.39 is 12.1 Å². The third-order valence-electron chi connectivity index (χ3n) is 8.21. The first kappa shape index (κ1) is 33.1. The second kappa shape index (κ2) is 18.1. The molecule has 3 aromatic carbocycles. The second-order valence-electron chi connectivity index (χ2n) is 11.9. The number of hydrogen-bond acceptors (Lipinski definition) is 6. The summed E-state index contributed by atoms with van der Waals surface area (Å²) in [7, 11) is 0. The van der Waals surface area contributed by atoms with E-state index in [1.807, 2.05) is 78.9 Å². The van der Waals surface area contributed by atoms with Gasteiger partial charge in [0.1, 0.15) is 17.4 Å². The highest BCUT2D eigenvalue weighted by Gasteiger charge is 2.16. The van der Waals surface area contributed by atoms with Crippen molar-refractivity contribution >= 4 is 23.1 Å². The van der Waals surface area contributed by atoms with Crippen molar-refractivity contribution in [2.24, 2.45) is 0 Å². The van der Waals surface area contributed by atoms with Crippen molar-refractivity contribution in [3.8, 4) is 5.75 Å². The molecule has 0 bridgehead atoms. The molecule has 1 aromatic heterocycles. The molecule has 1 atom stereocenters. The fraction of sp³-hybridized carbons (Fsp3) is 0.459. The summed E-state index contributed by atoms with van der Waals surface area (Å²) in [6, 6.07) is 26.3. The van der Waals surface area contributed by atoms with Crippen LogP contribution < -0.4 is 20.5 Å². The highest BCUT2D eigenvalue weighted by Crippen LogP contribution is 2.23. The van der Waals surface area contributed by atoms with Gasteiger partial charge in [-0.2, -0.15) is 4.98 Å². The number of nitrogens with zero attached hydrogens (tertiary/aromatic N) is 2.